The number of hydrogen-bond acceptors (Lipinski definition) is 8. The molecule has 0 aliphatic rings. The molecule has 0 spiro atoms. The van der Waals surface area contributed by atoms with Crippen LogP contribution in [0.1, 0.15) is 5.56 Å². The van der Waals surface area contributed by atoms with Gasteiger partial charge in [-0.3, -0.25) is 10.1 Å². The number of para-hydroxylation sites is 1. The predicted molar refractivity (Wildman–Crippen MR) is 101 cm³/mol. The van der Waals surface area contributed by atoms with Crippen LogP contribution in [0.15, 0.2) is 54.9 Å². The van der Waals surface area contributed by atoms with Gasteiger partial charge in [-0.1, -0.05) is 29.5 Å². The molecule has 10 heteroatoms. The van der Waals surface area contributed by atoms with Crippen LogP contribution in [-0.4, -0.2) is 37.0 Å². The van der Waals surface area contributed by atoms with Gasteiger partial charge >= 0.3 is 5.69 Å². The van der Waals surface area contributed by atoms with E-state index in [1.54, 1.807) is 25.3 Å². The minimum Gasteiger partial charge on any atom is -0.497 e. The fraction of sp³-hybridized carbons (Fsp3) is 0.111. The van der Waals surface area contributed by atoms with Crippen molar-refractivity contribution in [1.82, 2.24) is 25.0 Å². The molecule has 0 aliphatic carbocycles. The molecule has 28 heavy (non-hydrogen) atoms. The topological polar surface area (TPSA) is 121 Å². The highest BCUT2D eigenvalue weighted by Gasteiger charge is 2.26. The first-order valence-electron chi connectivity index (χ1n) is 8.34. The summed E-state index contributed by atoms with van der Waals surface area (Å²) in [6.07, 6.45) is 1.26. The van der Waals surface area contributed by atoms with Gasteiger partial charge in [0.05, 0.1) is 17.5 Å². The molecule has 0 saturated carbocycles. The van der Waals surface area contributed by atoms with Gasteiger partial charge in [-0.2, -0.15) is 4.68 Å². The molecule has 140 valence electrons. The SMILES string of the molecule is COc1ccc(CNc2ncnc(-n3nnc4ccccc43)c2[N+](=O)[O-])cc1. The lowest BCUT2D eigenvalue weighted by molar-refractivity contribution is -0.384. The van der Waals surface area contributed by atoms with Crippen LogP contribution in [0.5, 0.6) is 5.75 Å². The van der Waals surface area contributed by atoms with Crippen molar-refractivity contribution in [1.29, 1.82) is 0 Å². The number of fused-ring (bicyclic) bond motifs is 1. The summed E-state index contributed by atoms with van der Waals surface area (Å²) in [5, 5.41) is 22.8. The Kier molecular flexibility index (Phi) is 4.50. The molecule has 2 aromatic heterocycles. The van der Waals surface area contributed by atoms with Crippen molar-refractivity contribution in [3.8, 4) is 11.6 Å². The van der Waals surface area contributed by atoms with Gasteiger partial charge in [-0.25, -0.2) is 9.97 Å². The van der Waals surface area contributed by atoms with E-state index in [1.165, 1.54) is 11.0 Å². The highest BCUT2D eigenvalue weighted by Crippen LogP contribution is 2.29. The van der Waals surface area contributed by atoms with Crippen molar-refractivity contribution >= 4 is 22.5 Å². The monoisotopic (exact) mass is 377 g/mol. The Morgan fingerprint density at radius 2 is 1.93 bits per heavy atom. The Morgan fingerprint density at radius 1 is 1.14 bits per heavy atom. The average Bonchev–Trinajstić information content (AvgIpc) is 3.16. The summed E-state index contributed by atoms with van der Waals surface area (Å²) in [6, 6.07) is 14.5. The number of nitro groups is 1. The predicted octanol–water partition coefficient (Wildman–Crippen LogP) is 2.74. The molecule has 4 rings (SSSR count). The molecule has 1 N–H and O–H groups in total. The third-order valence-corrected chi connectivity index (χ3v) is 4.16. The highest BCUT2D eigenvalue weighted by molar-refractivity contribution is 5.77. The van der Waals surface area contributed by atoms with E-state index >= 15 is 0 Å². The summed E-state index contributed by atoms with van der Waals surface area (Å²) in [5.74, 6) is 0.883. The second-order valence-electron chi connectivity index (χ2n) is 5.84. The van der Waals surface area contributed by atoms with Gasteiger partial charge in [0.2, 0.25) is 11.6 Å². The molecular weight excluding hydrogens is 362 g/mol. The van der Waals surface area contributed by atoms with Crippen LogP contribution in [0.4, 0.5) is 11.5 Å². The Labute approximate surface area is 159 Å². The smallest absolute Gasteiger partial charge is 0.355 e. The summed E-state index contributed by atoms with van der Waals surface area (Å²) >= 11 is 0. The zero-order valence-electron chi connectivity index (χ0n) is 14.8. The normalized spacial score (nSPS) is 10.8. The molecule has 4 aromatic rings. The van der Waals surface area contributed by atoms with Gasteiger partial charge in [-0.15, -0.1) is 5.10 Å². The number of nitrogens with one attached hydrogen (secondary N) is 1. The molecule has 0 aliphatic heterocycles. The first-order chi connectivity index (χ1) is 13.7. The Hall–Kier alpha value is -4.08. The van der Waals surface area contributed by atoms with E-state index in [0.29, 0.717) is 17.6 Å². The van der Waals surface area contributed by atoms with E-state index < -0.39 is 4.92 Å². The van der Waals surface area contributed by atoms with Crippen LogP contribution >= 0.6 is 0 Å². The second kappa shape index (κ2) is 7.27. The number of benzene rings is 2. The molecule has 0 radical (unpaired) electrons. The zero-order chi connectivity index (χ0) is 19.5. The zero-order valence-corrected chi connectivity index (χ0v) is 14.8. The average molecular weight is 377 g/mol. The van der Waals surface area contributed by atoms with Crippen LogP contribution in [0.3, 0.4) is 0 Å². The van der Waals surface area contributed by atoms with Crippen LogP contribution in [-0.2, 0) is 6.54 Å². The van der Waals surface area contributed by atoms with Crippen molar-refractivity contribution in [2.24, 2.45) is 0 Å². The Bertz CT molecular complexity index is 1140. The van der Waals surface area contributed by atoms with Gasteiger partial charge in [0.15, 0.2) is 0 Å². The fourth-order valence-electron chi connectivity index (χ4n) is 2.78. The van der Waals surface area contributed by atoms with Crippen LogP contribution in [0.25, 0.3) is 16.9 Å². The summed E-state index contributed by atoms with van der Waals surface area (Å²) in [6.45, 7) is 0.347. The van der Waals surface area contributed by atoms with Crippen LogP contribution in [0, 0.1) is 10.1 Å². The third kappa shape index (κ3) is 3.18. The van der Waals surface area contributed by atoms with E-state index in [1.807, 2.05) is 30.3 Å². The maximum atomic E-state index is 11.8. The maximum absolute atomic E-state index is 11.8. The van der Waals surface area contributed by atoms with Crippen LogP contribution in [0.2, 0.25) is 0 Å². The first-order valence-corrected chi connectivity index (χ1v) is 8.34. The molecule has 0 atom stereocenters. The summed E-state index contributed by atoms with van der Waals surface area (Å²) in [4.78, 5) is 19.4. The van der Waals surface area contributed by atoms with Gasteiger partial charge in [0.1, 0.15) is 17.6 Å². The minimum absolute atomic E-state index is 0.0472. The van der Waals surface area contributed by atoms with Gasteiger partial charge in [-0.05, 0) is 29.8 Å². The number of methoxy groups -OCH3 is 1. The molecule has 2 aromatic carbocycles. The summed E-state index contributed by atoms with van der Waals surface area (Å²) in [7, 11) is 1.59. The lowest BCUT2D eigenvalue weighted by Gasteiger charge is -2.09. The standard InChI is InChI=1S/C18H15N7O3/c1-28-13-8-6-12(7-9-13)10-19-17-16(25(26)27)18(21-11-20-17)24-15-5-3-2-4-14(15)22-23-24/h2-9,11H,10H2,1H3,(H,19,20,21). The first kappa shape index (κ1) is 17.3. The van der Waals surface area contributed by atoms with E-state index in [0.717, 1.165) is 11.3 Å². The van der Waals surface area contributed by atoms with Gasteiger partial charge in [0.25, 0.3) is 0 Å². The summed E-state index contributed by atoms with van der Waals surface area (Å²) < 4.78 is 6.47. The molecular formula is C18H15N7O3. The molecule has 0 bridgehead atoms. The number of rotatable bonds is 6. The van der Waals surface area contributed by atoms with E-state index in [2.05, 4.69) is 25.6 Å². The molecule has 2 heterocycles. The van der Waals surface area contributed by atoms with Gasteiger partial charge < -0.3 is 10.1 Å². The van der Waals surface area contributed by atoms with Crippen LogP contribution < -0.4 is 10.1 Å². The van der Waals surface area contributed by atoms with Gasteiger partial charge in [0, 0.05) is 6.54 Å². The third-order valence-electron chi connectivity index (χ3n) is 4.16. The second-order valence-corrected chi connectivity index (χ2v) is 5.84. The quantitative estimate of drug-likeness (QED) is 0.402. The van der Waals surface area contributed by atoms with Crippen molar-refractivity contribution in [2.75, 3.05) is 12.4 Å². The van der Waals surface area contributed by atoms with E-state index in [4.69, 9.17) is 4.74 Å². The van der Waals surface area contributed by atoms with Crippen molar-refractivity contribution in [3.05, 3.63) is 70.5 Å². The maximum Gasteiger partial charge on any atom is 0.355 e. The molecule has 0 saturated heterocycles. The highest BCUT2D eigenvalue weighted by atomic mass is 16.6. The molecule has 0 fully saturated rings. The Morgan fingerprint density at radius 3 is 2.68 bits per heavy atom. The molecule has 0 unspecified atom stereocenters. The van der Waals surface area contributed by atoms with Crippen molar-refractivity contribution in [2.45, 2.75) is 6.54 Å². The van der Waals surface area contributed by atoms with Crippen molar-refractivity contribution in [3.63, 3.8) is 0 Å². The summed E-state index contributed by atoms with van der Waals surface area (Å²) in [5.41, 5.74) is 1.88. The number of anilines is 1. The fourth-order valence-corrected chi connectivity index (χ4v) is 2.78. The number of hydrogen-bond donors (Lipinski definition) is 1. The van der Waals surface area contributed by atoms with Crippen molar-refractivity contribution < 1.29 is 9.66 Å². The largest absolute Gasteiger partial charge is 0.497 e. The van der Waals surface area contributed by atoms with E-state index in [9.17, 15) is 10.1 Å². The lowest BCUT2D eigenvalue weighted by atomic mass is 10.2. The molecule has 0 amide bonds. The molecule has 10 nitrogen and oxygen atoms in total. The van der Waals surface area contributed by atoms with E-state index in [-0.39, 0.29) is 17.3 Å². The number of nitrogens with zero attached hydrogens (tertiary/aromatic N) is 6. The lowest BCUT2D eigenvalue weighted by Crippen LogP contribution is -2.10. The number of aromatic nitrogens is 5. The number of ether oxygens (including phenoxy) is 1. The minimum atomic E-state index is -0.526. The Balaban J connectivity index is 1.70.